The van der Waals surface area contributed by atoms with E-state index in [-0.39, 0.29) is 52.9 Å². The summed E-state index contributed by atoms with van der Waals surface area (Å²) in [4.78, 5) is 37.6. The van der Waals surface area contributed by atoms with Gasteiger partial charge in [0.2, 0.25) is 5.91 Å². The maximum absolute atomic E-state index is 12.5. The number of nitrogens with zero attached hydrogens (tertiary/aromatic N) is 1. The summed E-state index contributed by atoms with van der Waals surface area (Å²) in [5.41, 5.74) is -0.0591. The van der Waals surface area contributed by atoms with Gasteiger partial charge in [-0.25, -0.2) is 9.59 Å². The van der Waals surface area contributed by atoms with Gasteiger partial charge in [-0.3, -0.25) is 4.79 Å². The SMILES string of the molecule is C[C@]12CC[C@H](NC(=O)OCCN3CCCC3=O)C[C@H]1CC[C@@H]1[C@@H]2CC[C@]2(C)[C@@H](c3ccc(=O)oc3)CC[C@]12O. The van der Waals surface area contributed by atoms with Crippen LogP contribution in [0, 0.1) is 28.6 Å². The van der Waals surface area contributed by atoms with E-state index in [1.807, 2.05) is 6.07 Å². The molecule has 2 heterocycles. The number of ether oxygens (including phenoxy) is 1. The van der Waals surface area contributed by atoms with Crippen molar-refractivity contribution in [1.29, 1.82) is 0 Å². The zero-order chi connectivity index (χ0) is 27.4. The first kappa shape index (κ1) is 26.9. The molecule has 1 aromatic rings. The van der Waals surface area contributed by atoms with Gasteiger partial charge in [0.1, 0.15) is 6.61 Å². The molecule has 6 rings (SSSR count). The Bertz CT molecular complexity index is 1150. The molecule has 1 aliphatic heterocycles. The first-order valence-corrected chi connectivity index (χ1v) is 15.2. The highest BCUT2D eigenvalue weighted by atomic mass is 16.5. The van der Waals surface area contributed by atoms with E-state index in [0.29, 0.717) is 24.8 Å². The van der Waals surface area contributed by atoms with Gasteiger partial charge in [0.15, 0.2) is 0 Å². The zero-order valence-corrected chi connectivity index (χ0v) is 23.5. The van der Waals surface area contributed by atoms with E-state index in [1.165, 1.54) is 6.07 Å². The minimum atomic E-state index is -0.708. The van der Waals surface area contributed by atoms with E-state index in [4.69, 9.17) is 9.15 Å². The smallest absolute Gasteiger partial charge is 0.407 e. The molecule has 0 unspecified atom stereocenters. The molecular weight excluding hydrogens is 496 g/mol. The third-order valence-corrected chi connectivity index (χ3v) is 12.1. The molecule has 5 fully saturated rings. The molecule has 8 nitrogen and oxygen atoms in total. The van der Waals surface area contributed by atoms with E-state index >= 15 is 0 Å². The molecule has 0 aromatic carbocycles. The number of fused-ring (bicyclic) bond motifs is 5. The second-order valence-electron chi connectivity index (χ2n) is 13.6. The molecular formula is C31H44N2O6. The molecule has 2 amide bonds. The van der Waals surface area contributed by atoms with E-state index < -0.39 is 5.60 Å². The number of hydrogen-bond donors (Lipinski definition) is 2. The lowest BCUT2D eigenvalue weighted by Crippen LogP contribution is -2.62. The number of alkyl carbamates (subject to hydrolysis) is 1. The van der Waals surface area contributed by atoms with Crippen molar-refractivity contribution in [2.45, 2.75) is 102 Å². The fourth-order valence-electron chi connectivity index (χ4n) is 9.86. The lowest BCUT2D eigenvalue weighted by molar-refractivity contribution is -0.202. The van der Waals surface area contributed by atoms with E-state index in [0.717, 1.165) is 76.3 Å². The van der Waals surface area contributed by atoms with Crippen LogP contribution in [0.3, 0.4) is 0 Å². The standard InChI is InChI=1S/C31H44N2O6/c1-29-12-9-22(32-28(36)38-17-16-33-15-3-4-26(33)34)18-21(29)6-7-25-24(29)10-13-30(2)23(11-14-31(25,30)37)20-5-8-27(35)39-19-20/h5,8,19,21-25,37H,3-4,6-7,9-18H2,1-2H3,(H,32,36)/t21-,22+,23-,24+,25-,29+,30-,31+/m1/s1. The summed E-state index contributed by atoms with van der Waals surface area (Å²) in [5.74, 6) is 1.63. The Labute approximate surface area is 230 Å². The first-order chi connectivity index (χ1) is 18.6. The van der Waals surface area contributed by atoms with Gasteiger partial charge in [-0.15, -0.1) is 0 Å². The summed E-state index contributed by atoms with van der Waals surface area (Å²) in [7, 11) is 0. The lowest BCUT2D eigenvalue weighted by atomic mass is 9.43. The topological polar surface area (TPSA) is 109 Å². The van der Waals surface area contributed by atoms with Crippen LogP contribution in [0.5, 0.6) is 0 Å². The van der Waals surface area contributed by atoms with Gasteiger partial charge in [-0.2, -0.15) is 0 Å². The van der Waals surface area contributed by atoms with Crippen molar-refractivity contribution in [1.82, 2.24) is 10.2 Å². The van der Waals surface area contributed by atoms with Crippen LogP contribution in [0.25, 0.3) is 0 Å². The maximum Gasteiger partial charge on any atom is 0.407 e. The summed E-state index contributed by atoms with van der Waals surface area (Å²) in [6, 6.07) is 3.51. The predicted molar refractivity (Wildman–Crippen MR) is 145 cm³/mol. The number of amides is 2. The number of carbonyl (C=O) groups excluding carboxylic acids is 2. The van der Waals surface area contributed by atoms with E-state index in [1.54, 1.807) is 11.2 Å². The van der Waals surface area contributed by atoms with Gasteiger partial charge in [0, 0.05) is 30.5 Å². The van der Waals surface area contributed by atoms with E-state index in [2.05, 4.69) is 19.2 Å². The van der Waals surface area contributed by atoms with Crippen LogP contribution in [0.1, 0.15) is 96.0 Å². The van der Waals surface area contributed by atoms with Crippen LogP contribution in [-0.4, -0.2) is 53.3 Å². The summed E-state index contributed by atoms with van der Waals surface area (Å²) < 4.78 is 10.6. The van der Waals surface area contributed by atoms with Crippen molar-refractivity contribution < 1.29 is 23.8 Å². The van der Waals surface area contributed by atoms with Crippen LogP contribution < -0.4 is 10.9 Å². The van der Waals surface area contributed by atoms with Gasteiger partial charge in [0.05, 0.1) is 18.4 Å². The van der Waals surface area contributed by atoms with Gasteiger partial charge in [-0.1, -0.05) is 13.8 Å². The van der Waals surface area contributed by atoms with Gasteiger partial charge in [-0.05, 0) is 105 Å². The number of nitrogens with one attached hydrogen (secondary N) is 1. The average Bonchev–Trinajstić information content (AvgIpc) is 3.44. The largest absolute Gasteiger partial charge is 0.448 e. The number of hydrogen-bond acceptors (Lipinski definition) is 6. The normalized spacial score (nSPS) is 41.5. The third kappa shape index (κ3) is 4.41. The van der Waals surface area contributed by atoms with Crippen LogP contribution in [0.4, 0.5) is 4.79 Å². The highest BCUT2D eigenvalue weighted by Crippen LogP contribution is 2.70. The fourth-order valence-corrected chi connectivity index (χ4v) is 9.86. The summed E-state index contributed by atoms with van der Waals surface area (Å²) in [5, 5.41) is 15.5. The Kier molecular flexibility index (Phi) is 6.84. The predicted octanol–water partition coefficient (Wildman–Crippen LogP) is 4.60. The van der Waals surface area contributed by atoms with Crippen LogP contribution >= 0.6 is 0 Å². The van der Waals surface area contributed by atoms with Gasteiger partial charge in [0.25, 0.3) is 0 Å². The summed E-state index contributed by atoms with van der Waals surface area (Å²) >= 11 is 0. The molecule has 1 aromatic heterocycles. The minimum absolute atomic E-state index is 0.112. The molecule has 4 aliphatic carbocycles. The molecule has 1 saturated heterocycles. The highest BCUT2D eigenvalue weighted by Gasteiger charge is 2.67. The summed E-state index contributed by atoms with van der Waals surface area (Å²) in [6.07, 6.45) is 11.6. The second kappa shape index (κ2) is 9.93. The molecule has 2 N–H and O–H groups in total. The number of rotatable bonds is 5. The molecule has 0 bridgehead atoms. The van der Waals surface area contributed by atoms with Crippen molar-refractivity contribution in [3.8, 4) is 0 Å². The Morgan fingerprint density at radius 1 is 1.10 bits per heavy atom. The third-order valence-electron chi connectivity index (χ3n) is 12.1. The highest BCUT2D eigenvalue weighted by molar-refractivity contribution is 5.78. The van der Waals surface area contributed by atoms with Crippen molar-refractivity contribution >= 4 is 12.0 Å². The van der Waals surface area contributed by atoms with Crippen LogP contribution in [0.2, 0.25) is 0 Å². The lowest BCUT2D eigenvalue weighted by Gasteiger charge is -2.63. The van der Waals surface area contributed by atoms with Crippen molar-refractivity contribution in [3.63, 3.8) is 0 Å². The molecule has 8 heteroatoms. The molecule has 5 aliphatic rings. The number of aliphatic hydroxyl groups is 1. The van der Waals surface area contributed by atoms with E-state index in [9.17, 15) is 19.5 Å². The minimum Gasteiger partial charge on any atom is -0.448 e. The second-order valence-corrected chi connectivity index (χ2v) is 13.6. The monoisotopic (exact) mass is 540 g/mol. The zero-order valence-electron chi connectivity index (χ0n) is 23.5. The first-order valence-electron chi connectivity index (χ1n) is 15.2. The number of likely N-dealkylation sites (tertiary alicyclic amines) is 1. The quantitative estimate of drug-likeness (QED) is 0.565. The molecule has 214 valence electrons. The maximum atomic E-state index is 12.5. The fraction of sp³-hybridized carbons (Fsp3) is 0.774. The molecule has 4 saturated carbocycles. The Morgan fingerprint density at radius 3 is 2.69 bits per heavy atom. The van der Waals surface area contributed by atoms with Gasteiger partial charge < -0.3 is 24.5 Å². The van der Waals surface area contributed by atoms with Gasteiger partial charge >= 0.3 is 11.7 Å². The molecule has 0 spiro atoms. The Morgan fingerprint density at radius 2 is 1.95 bits per heavy atom. The average molecular weight is 541 g/mol. The molecule has 39 heavy (non-hydrogen) atoms. The molecule has 0 radical (unpaired) electrons. The van der Waals surface area contributed by atoms with Crippen molar-refractivity contribution in [3.05, 3.63) is 34.4 Å². The molecule has 8 atom stereocenters. The van der Waals surface area contributed by atoms with Crippen LogP contribution in [0.15, 0.2) is 27.6 Å². The summed E-state index contributed by atoms with van der Waals surface area (Å²) in [6.45, 7) is 6.19. The number of carbonyl (C=O) groups is 2. The van der Waals surface area contributed by atoms with Crippen LogP contribution in [-0.2, 0) is 9.53 Å². The Hall–Kier alpha value is -2.35. The Balaban J connectivity index is 1.08. The van der Waals surface area contributed by atoms with Crippen molar-refractivity contribution in [2.24, 2.45) is 28.6 Å². The van der Waals surface area contributed by atoms with Crippen molar-refractivity contribution in [2.75, 3.05) is 19.7 Å².